The van der Waals surface area contributed by atoms with Crippen molar-refractivity contribution in [1.82, 2.24) is 5.32 Å². The zero-order chi connectivity index (χ0) is 15.5. The van der Waals surface area contributed by atoms with E-state index in [4.69, 9.17) is 11.6 Å². The molecule has 1 amide bonds. The van der Waals surface area contributed by atoms with Crippen LogP contribution in [0.15, 0.2) is 23.1 Å². The Morgan fingerprint density at radius 2 is 1.95 bits per heavy atom. The second kappa shape index (κ2) is 6.50. The van der Waals surface area contributed by atoms with Gasteiger partial charge in [0.2, 0.25) is 0 Å². The summed E-state index contributed by atoms with van der Waals surface area (Å²) in [5.41, 5.74) is -0.306. The summed E-state index contributed by atoms with van der Waals surface area (Å²) < 4.78 is 0. The number of carbonyl (C=O) groups is 2. The van der Waals surface area contributed by atoms with Crippen molar-refractivity contribution < 1.29 is 14.7 Å². The lowest BCUT2D eigenvalue weighted by atomic mass is 9.86. The number of hydrogen-bond donors (Lipinski definition) is 2. The molecule has 0 aromatic heterocycles. The first kappa shape index (κ1) is 16.9. The lowest BCUT2D eigenvalue weighted by molar-refractivity contribution is -0.142. The van der Waals surface area contributed by atoms with Crippen LogP contribution in [-0.2, 0) is 4.79 Å². The van der Waals surface area contributed by atoms with Crippen LogP contribution in [0.1, 0.15) is 31.1 Å². The first-order valence-corrected chi connectivity index (χ1v) is 7.64. The highest BCUT2D eigenvalue weighted by molar-refractivity contribution is 7.98. The smallest absolute Gasteiger partial charge is 0.326 e. The van der Waals surface area contributed by atoms with E-state index in [0.717, 1.165) is 4.90 Å². The van der Waals surface area contributed by atoms with E-state index in [0.29, 0.717) is 5.02 Å². The summed E-state index contributed by atoms with van der Waals surface area (Å²) in [6.07, 6.45) is 1.89. The number of thioether (sulfide) groups is 1. The molecular weight excluding hydrogens is 298 g/mol. The van der Waals surface area contributed by atoms with Gasteiger partial charge in [0.1, 0.15) is 6.04 Å². The molecule has 4 nitrogen and oxygen atoms in total. The van der Waals surface area contributed by atoms with E-state index in [1.54, 1.807) is 32.9 Å². The molecule has 1 unspecified atom stereocenters. The highest BCUT2D eigenvalue weighted by Gasteiger charge is 2.33. The van der Waals surface area contributed by atoms with Crippen molar-refractivity contribution in [3.8, 4) is 0 Å². The van der Waals surface area contributed by atoms with Crippen LogP contribution in [0.4, 0.5) is 0 Å². The molecule has 0 spiro atoms. The number of nitrogens with one attached hydrogen (secondary N) is 1. The van der Waals surface area contributed by atoms with E-state index in [2.05, 4.69) is 5.32 Å². The average molecular weight is 316 g/mol. The van der Waals surface area contributed by atoms with Gasteiger partial charge in [-0.15, -0.1) is 11.8 Å². The van der Waals surface area contributed by atoms with E-state index in [-0.39, 0.29) is 5.56 Å². The van der Waals surface area contributed by atoms with Crippen molar-refractivity contribution in [1.29, 1.82) is 0 Å². The lowest BCUT2D eigenvalue weighted by Gasteiger charge is -2.27. The molecule has 0 saturated heterocycles. The monoisotopic (exact) mass is 315 g/mol. The van der Waals surface area contributed by atoms with Crippen molar-refractivity contribution in [2.75, 3.05) is 6.26 Å². The molecule has 20 heavy (non-hydrogen) atoms. The van der Waals surface area contributed by atoms with Crippen molar-refractivity contribution in [3.05, 3.63) is 28.8 Å². The summed E-state index contributed by atoms with van der Waals surface area (Å²) in [5.74, 6) is -1.55. The number of carboxylic acids is 1. The number of carboxylic acid groups (broad SMARTS) is 1. The summed E-state index contributed by atoms with van der Waals surface area (Å²) in [4.78, 5) is 24.4. The Balaban J connectivity index is 3.03. The molecule has 0 aliphatic carbocycles. The van der Waals surface area contributed by atoms with Gasteiger partial charge in [-0.2, -0.15) is 0 Å². The fourth-order valence-electron chi connectivity index (χ4n) is 1.66. The van der Waals surface area contributed by atoms with Gasteiger partial charge in [-0.05, 0) is 29.9 Å². The van der Waals surface area contributed by atoms with Gasteiger partial charge in [0.05, 0.1) is 10.6 Å². The number of benzene rings is 1. The predicted molar refractivity (Wildman–Crippen MR) is 81.6 cm³/mol. The molecule has 1 aromatic carbocycles. The Morgan fingerprint density at radius 3 is 2.40 bits per heavy atom. The van der Waals surface area contributed by atoms with Crippen LogP contribution in [0.5, 0.6) is 0 Å². The predicted octanol–water partition coefficient (Wildman–Crippen LogP) is 3.29. The highest BCUT2D eigenvalue weighted by Crippen LogP contribution is 2.24. The topological polar surface area (TPSA) is 66.4 Å². The van der Waals surface area contributed by atoms with Gasteiger partial charge in [-0.1, -0.05) is 32.4 Å². The lowest BCUT2D eigenvalue weighted by Crippen LogP contribution is -2.49. The Kier molecular flexibility index (Phi) is 5.48. The Morgan fingerprint density at radius 1 is 1.35 bits per heavy atom. The normalized spacial score (nSPS) is 12.8. The van der Waals surface area contributed by atoms with Crippen LogP contribution >= 0.6 is 23.4 Å². The average Bonchev–Trinajstić information content (AvgIpc) is 2.34. The molecule has 1 rings (SSSR count). The summed E-state index contributed by atoms with van der Waals surface area (Å²) in [6, 6.07) is 4.12. The van der Waals surface area contributed by atoms with E-state index >= 15 is 0 Å². The van der Waals surface area contributed by atoms with Crippen molar-refractivity contribution in [2.24, 2.45) is 5.41 Å². The van der Waals surface area contributed by atoms with Crippen LogP contribution in [-0.4, -0.2) is 29.3 Å². The van der Waals surface area contributed by atoms with Gasteiger partial charge in [-0.3, -0.25) is 4.79 Å². The van der Waals surface area contributed by atoms with Crippen LogP contribution in [0.2, 0.25) is 5.02 Å². The number of halogens is 1. The number of amides is 1. The Labute approximate surface area is 127 Å². The maximum Gasteiger partial charge on any atom is 0.326 e. The number of aliphatic carboxylic acids is 1. The minimum atomic E-state index is -1.07. The second-order valence-electron chi connectivity index (χ2n) is 5.46. The molecule has 1 atom stereocenters. The summed E-state index contributed by atoms with van der Waals surface area (Å²) in [7, 11) is 0. The van der Waals surface area contributed by atoms with E-state index in [1.165, 1.54) is 11.8 Å². The largest absolute Gasteiger partial charge is 0.480 e. The Bertz CT molecular complexity index is 526. The quantitative estimate of drug-likeness (QED) is 0.837. The maximum absolute atomic E-state index is 12.2. The third kappa shape index (κ3) is 4.15. The zero-order valence-electron chi connectivity index (χ0n) is 11.9. The number of rotatable bonds is 4. The zero-order valence-corrected chi connectivity index (χ0v) is 13.4. The van der Waals surface area contributed by atoms with E-state index < -0.39 is 23.3 Å². The third-order valence-electron chi connectivity index (χ3n) is 2.81. The number of hydrogen-bond acceptors (Lipinski definition) is 3. The molecule has 0 aliphatic rings. The first-order chi connectivity index (χ1) is 9.16. The fraction of sp³-hybridized carbons (Fsp3) is 0.429. The van der Waals surface area contributed by atoms with Gasteiger partial charge in [0.25, 0.3) is 5.91 Å². The molecule has 0 bridgehead atoms. The molecule has 0 fully saturated rings. The summed E-state index contributed by atoms with van der Waals surface area (Å²) in [5, 5.41) is 12.1. The minimum absolute atomic E-state index is 0.286. The second-order valence-corrected chi connectivity index (χ2v) is 6.74. The minimum Gasteiger partial charge on any atom is -0.480 e. The van der Waals surface area contributed by atoms with Crippen LogP contribution in [0, 0.1) is 5.41 Å². The number of carbonyl (C=O) groups excluding carboxylic acids is 1. The Hall–Kier alpha value is -1.20. The van der Waals surface area contributed by atoms with Gasteiger partial charge >= 0.3 is 5.97 Å². The van der Waals surface area contributed by atoms with Gasteiger partial charge in [0, 0.05) is 4.90 Å². The van der Waals surface area contributed by atoms with E-state index in [1.807, 2.05) is 12.3 Å². The molecule has 0 radical (unpaired) electrons. The molecule has 0 aliphatic heterocycles. The van der Waals surface area contributed by atoms with Gasteiger partial charge in [-0.25, -0.2) is 4.79 Å². The van der Waals surface area contributed by atoms with Crippen molar-refractivity contribution in [2.45, 2.75) is 31.7 Å². The first-order valence-electron chi connectivity index (χ1n) is 6.04. The molecular formula is C14H18ClNO3S. The molecule has 110 valence electrons. The van der Waals surface area contributed by atoms with Crippen LogP contribution in [0.25, 0.3) is 0 Å². The van der Waals surface area contributed by atoms with E-state index in [9.17, 15) is 14.7 Å². The molecule has 0 saturated carbocycles. The fourth-order valence-corrected chi connectivity index (χ4v) is 2.31. The molecule has 2 N–H and O–H groups in total. The summed E-state index contributed by atoms with van der Waals surface area (Å²) in [6.45, 7) is 5.27. The van der Waals surface area contributed by atoms with Crippen LogP contribution in [0.3, 0.4) is 0 Å². The van der Waals surface area contributed by atoms with Gasteiger partial charge in [0.15, 0.2) is 0 Å². The molecule has 1 aromatic rings. The molecule has 0 heterocycles. The maximum atomic E-state index is 12.2. The van der Waals surface area contributed by atoms with Crippen molar-refractivity contribution in [3.63, 3.8) is 0 Å². The van der Waals surface area contributed by atoms with Gasteiger partial charge < -0.3 is 10.4 Å². The summed E-state index contributed by atoms with van der Waals surface area (Å²) >= 11 is 7.49. The highest BCUT2D eigenvalue weighted by atomic mass is 35.5. The molecule has 6 heteroatoms. The third-order valence-corrected chi connectivity index (χ3v) is 3.86. The SMILES string of the molecule is CSc1ccc(Cl)c(C(=O)NC(C(=O)O)C(C)(C)C)c1. The standard InChI is InChI=1S/C14H18ClNO3S/c1-14(2,3)11(13(18)19)16-12(17)9-7-8(20-4)5-6-10(9)15/h5-7,11H,1-4H3,(H,16,17)(H,18,19). The van der Waals surface area contributed by atoms with Crippen molar-refractivity contribution >= 4 is 35.2 Å². The van der Waals surface area contributed by atoms with Crippen LogP contribution < -0.4 is 5.32 Å².